The fraction of sp³-hybridized carbons (Fsp3) is 0.429. The molecule has 0 spiro atoms. The van der Waals surface area contributed by atoms with Crippen LogP contribution in [0.25, 0.3) is 0 Å². The summed E-state index contributed by atoms with van der Waals surface area (Å²) >= 11 is 0. The highest BCUT2D eigenvalue weighted by atomic mass is 16.5. The molecule has 1 aliphatic rings. The lowest BCUT2D eigenvalue weighted by molar-refractivity contribution is 0.141. The van der Waals surface area contributed by atoms with Crippen LogP contribution in [0.5, 0.6) is 11.5 Å². The van der Waals surface area contributed by atoms with Gasteiger partial charge < -0.3 is 19.9 Å². The fourth-order valence-corrected chi connectivity index (χ4v) is 1.77. The van der Waals surface area contributed by atoms with E-state index in [4.69, 9.17) is 19.9 Å². The van der Waals surface area contributed by atoms with Crippen LogP contribution in [0, 0.1) is 11.8 Å². The van der Waals surface area contributed by atoms with Gasteiger partial charge in [0.05, 0.1) is 32.4 Å². The van der Waals surface area contributed by atoms with Gasteiger partial charge in [-0.3, -0.25) is 0 Å². The smallest absolute Gasteiger partial charge is 0.135 e. The Hall–Kier alpha value is -1.70. The molecule has 1 heterocycles. The molecule has 4 heteroatoms. The van der Waals surface area contributed by atoms with E-state index in [1.54, 1.807) is 7.11 Å². The molecule has 18 heavy (non-hydrogen) atoms. The molecular formula is C14H17NO3. The highest BCUT2D eigenvalue weighted by molar-refractivity contribution is 5.50. The molecule has 0 bridgehead atoms. The van der Waals surface area contributed by atoms with Crippen molar-refractivity contribution in [3.05, 3.63) is 23.8 Å². The molecule has 4 nitrogen and oxygen atoms in total. The predicted octanol–water partition coefficient (Wildman–Crippen LogP) is 1.17. The Morgan fingerprint density at radius 3 is 3.06 bits per heavy atom. The van der Waals surface area contributed by atoms with E-state index >= 15 is 0 Å². The van der Waals surface area contributed by atoms with Gasteiger partial charge >= 0.3 is 0 Å². The molecule has 1 fully saturated rings. The number of rotatable bonds is 3. The number of benzene rings is 1. The van der Waals surface area contributed by atoms with Gasteiger partial charge in [-0.2, -0.15) is 0 Å². The zero-order valence-electron chi connectivity index (χ0n) is 10.4. The molecule has 96 valence electrons. The van der Waals surface area contributed by atoms with Crippen LogP contribution in [0.1, 0.15) is 12.0 Å². The molecule has 0 radical (unpaired) electrons. The average Bonchev–Trinajstić information content (AvgIpc) is 2.90. The third kappa shape index (κ3) is 3.16. The minimum atomic E-state index is 0.108. The van der Waals surface area contributed by atoms with Crippen molar-refractivity contribution in [2.75, 3.05) is 26.9 Å². The summed E-state index contributed by atoms with van der Waals surface area (Å²) in [7, 11) is 1.63. The van der Waals surface area contributed by atoms with Gasteiger partial charge in [0.1, 0.15) is 17.6 Å². The molecule has 1 saturated heterocycles. The zero-order valence-corrected chi connectivity index (χ0v) is 10.4. The second kappa shape index (κ2) is 6.29. The van der Waals surface area contributed by atoms with E-state index in [0.717, 1.165) is 30.1 Å². The second-order valence-corrected chi connectivity index (χ2v) is 3.97. The summed E-state index contributed by atoms with van der Waals surface area (Å²) < 4.78 is 16.3. The molecule has 1 aromatic rings. The van der Waals surface area contributed by atoms with E-state index in [1.165, 1.54) is 0 Å². The Morgan fingerprint density at radius 2 is 2.39 bits per heavy atom. The first-order chi connectivity index (χ1) is 8.83. The quantitative estimate of drug-likeness (QED) is 0.815. The molecule has 1 unspecified atom stereocenters. The molecule has 0 aromatic heterocycles. The van der Waals surface area contributed by atoms with E-state index in [2.05, 4.69) is 11.8 Å². The SMILES string of the molecule is COc1ccc(OC2CCOC2)c(C#CCN)c1. The summed E-state index contributed by atoms with van der Waals surface area (Å²) in [6.07, 6.45) is 1.02. The van der Waals surface area contributed by atoms with Crippen LogP contribution < -0.4 is 15.2 Å². The Labute approximate surface area is 107 Å². The average molecular weight is 247 g/mol. The summed E-state index contributed by atoms with van der Waals surface area (Å²) in [5.74, 6) is 7.35. The van der Waals surface area contributed by atoms with Gasteiger partial charge in [0.15, 0.2) is 0 Å². The largest absolute Gasteiger partial charge is 0.497 e. The third-order valence-electron chi connectivity index (χ3n) is 2.69. The monoisotopic (exact) mass is 247 g/mol. The van der Waals surface area contributed by atoms with E-state index in [1.807, 2.05) is 18.2 Å². The first kappa shape index (κ1) is 12.7. The lowest BCUT2D eigenvalue weighted by atomic mass is 10.2. The minimum absolute atomic E-state index is 0.108. The van der Waals surface area contributed by atoms with Crippen LogP contribution in [0.3, 0.4) is 0 Å². The molecule has 0 saturated carbocycles. The number of ether oxygens (including phenoxy) is 3. The summed E-state index contributed by atoms with van der Waals surface area (Å²) in [5.41, 5.74) is 6.19. The maximum absolute atomic E-state index is 5.88. The summed E-state index contributed by atoms with van der Waals surface area (Å²) in [5, 5.41) is 0. The van der Waals surface area contributed by atoms with Crippen LogP contribution in [0.2, 0.25) is 0 Å². The van der Waals surface area contributed by atoms with Crippen LogP contribution in [-0.4, -0.2) is 33.0 Å². The van der Waals surface area contributed by atoms with Crippen LogP contribution in [0.15, 0.2) is 18.2 Å². The third-order valence-corrected chi connectivity index (χ3v) is 2.69. The van der Waals surface area contributed by atoms with Gasteiger partial charge in [-0.25, -0.2) is 0 Å². The Kier molecular flexibility index (Phi) is 4.46. The minimum Gasteiger partial charge on any atom is -0.497 e. The van der Waals surface area contributed by atoms with Gasteiger partial charge in [-0.05, 0) is 18.2 Å². The predicted molar refractivity (Wildman–Crippen MR) is 68.8 cm³/mol. The van der Waals surface area contributed by atoms with Crippen LogP contribution in [-0.2, 0) is 4.74 Å². The maximum Gasteiger partial charge on any atom is 0.135 e. The first-order valence-electron chi connectivity index (χ1n) is 5.95. The number of hydrogen-bond donors (Lipinski definition) is 1. The zero-order chi connectivity index (χ0) is 12.8. The van der Waals surface area contributed by atoms with Gasteiger partial charge in [-0.1, -0.05) is 11.8 Å². The Balaban J connectivity index is 2.20. The number of nitrogens with two attached hydrogens (primary N) is 1. The molecule has 1 aliphatic heterocycles. The van der Waals surface area contributed by atoms with Crippen molar-refractivity contribution in [2.24, 2.45) is 5.73 Å². The van der Waals surface area contributed by atoms with Gasteiger partial charge in [-0.15, -0.1) is 0 Å². The van der Waals surface area contributed by atoms with Crippen LogP contribution in [0.4, 0.5) is 0 Å². The molecule has 0 amide bonds. The highest BCUT2D eigenvalue weighted by Gasteiger charge is 2.18. The van der Waals surface area contributed by atoms with Crippen molar-refractivity contribution in [3.8, 4) is 23.3 Å². The number of hydrogen-bond acceptors (Lipinski definition) is 4. The van der Waals surface area contributed by atoms with Crippen molar-refractivity contribution in [3.63, 3.8) is 0 Å². The molecule has 2 N–H and O–H groups in total. The lowest BCUT2D eigenvalue weighted by Crippen LogP contribution is -2.16. The van der Waals surface area contributed by atoms with E-state index in [0.29, 0.717) is 13.2 Å². The maximum atomic E-state index is 5.88. The molecule has 1 aromatic carbocycles. The van der Waals surface area contributed by atoms with E-state index in [-0.39, 0.29) is 6.10 Å². The van der Waals surface area contributed by atoms with Crippen molar-refractivity contribution >= 4 is 0 Å². The van der Waals surface area contributed by atoms with Crippen molar-refractivity contribution in [1.82, 2.24) is 0 Å². The molecule has 1 atom stereocenters. The number of methoxy groups -OCH3 is 1. The van der Waals surface area contributed by atoms with E-state index in [9.17, 15) is 0 Å². The van der Waals surface area contributed by atoms with Crippen molar-refractivity contribution in [1.29, 1.82) is 0 Å². The molecular weight excluding hydrogens is 230 g/mol. The van der Waals surface area contributed by atoms with Crippen LogP contribution >= 0.6 is 0 Å². The van der Waals surface area contributed by atoms with Crippen molar-refractivity contribution in [2.45, 2.75) is 12.5 Å². The first-order valence-corrected chi connectivity index (χ1v) is 5.95. The normalized spacial score (nSPS) is 18.0. The summed E-state index contributed by atoms with van der Waals surface area (Å²) in [6.45, 7) is 1.71. The standard InChI is InChI=1S/C14H17NO3/c1-16-12-4-5-14(11(9-12)3-2-7-15)18-13-6-8-17-10-13/h4-5,9,13H,6-8,10,15H2,1H3. The Morgan fingerprint density at radius 1 is 1.50 bits per heavy atom. The van der Waals surface area contributed by atoms with Gasteiger partial charge in [0, 0.05) is 6.42 Å². The molecule has 0 aliphatic carbocycles. The van der Waals surface area contributed by atoms with E-state index < -0.39 is 0 Å². The summed E-state index contributed by atoms with van der Waals surface area (Å²) in [4.78, 5) is 0. The van der Waals surface area contributed by atoms with Gasteiger partial charge in [0.2, 0.25) is 0 Å². The van der Waals surface area contributed by atoms with Crippen molar-refractivity contribution < 1.29 is 14.2 Å². The fourth-order valence-electron chi connectivity index (χ4n) is 1.77. The second-order valence-electron chi connectivity index (χ2n) is 3.97. The summed E-state index contributed by atoms with van der Waals surface area (Å²) in [6, 6.07) is 5.59. The van der Waals surface area contributed by atoms with Gasteiger partial charge in [0.25, 0.3) is 0 Å². The highest BCUT2D eigenvalue weighted by Crippen LogP contribution is 2.25. The molecule has 2 rings (SSSR count). The lowest BCUT2D eigenvalue weighted by Gasteiger charge is -2.14. The topological polar surface area (TPSA) is 53.7 Å². The Bertz CT molecular complexity index is 456.